The van der Waals surface area contributed by atoms with E-state index in [0.717, 1.165) is 42.8 Å². The van der Waals surface area contributed by atoms with Gasteiger partial charge in [0.05, 0.1) is 6.54 Å². The summed E-state index contributed by atoms with van der Waals surface area (Å²) in [5, 5.41) is 11.9. The van der Waals surface area contributed by atoms with Crippen LogP contribution in [0.3, 0.4) is 0 Å². The molecular formula is C20H32BN5O2S. The number of nitrogens with zero attached hydrogens (tertiary/aromatic N) is 3. The Morgan fingerprint density at radius 1 is 1.45 bits per heavy atom. The molecule has 2 N–H and O–H groups in total. The topological polar surface area (TPSA) is 91.2 Å². The molecule has 1 atom stereocenters. The Balaban J connectivity index is 2.21. The summed E-state index contributed by atoms with van der Waals surface area (Å²) in [7, 11) is 3.53. The first kappa shape index (κ1) is 23.4. The molecule has 7 nitrogen and oxygen atoms in total. The van der Waals surface area contributed by atoms with Crippen molar-refractivity contribution >= 4 is 36.6 Å². The first-order valence-electron chi connectivity index (χ1n) is 9.93. The highest BCUT2D eigenvalue weighted by molar-refractivity contribution is 8.14. The molecule has 1 amide bonds. The highest BCUT2D eigenvalue weighted by Gasteiger charge is 2.25. The second-order valence-corrected chi connectivity index (χ2v) is 9.56. The van der Waals surface area contributed by atoms with E-state index in [1.807, 2.05) is 38.8 Å². The summed E-state index contributed by atoms with van der Waals surface area (Å²) in [6, 6.07) is 0. The Morgan fingerprint density at radius 3 is 2.79 bits per heavy atom. The molecule has 1 aromatic heterocycles. The molecule has 1 aromatic rings. The maximum absolute atomic E-state index is 12.4. The minimum Gasteiger partial charge on any atom is -0.444 e. The summed E-state index contributed by atoms with van der Waals surface area (Å²) in [6.07, 6.45) is 5.41. The predicted molar refractivity (Wildman–Crippen MR) is 123 cm³/mol. The smallest absolute Gasteiger partial charge is 0.257 e. The maximum Gasteiger partial charge on any atom is 0.257 e. The number of rotatable bonds is 9. The van der Waals surface area contributed by atoms with Gasteiger partial charge in [0.25, 0.3) is 8.05 Å². The van der Waals surface area contributed by atoms with Crippen molar-refractivity contribution in [2.75, 3.05) is 25.1 Å². The van der Waals surface area contributed by atoms with Gasteiger partial charge in [-0.2, -0.15) is 0 Å². The monoisotopic (exact) mass is 417 g/mol. The Labute approximate surface area is 179 Å². The van der Waals surface area contributed by atoms with Crippen LogP contribution in [0.5, 0.6) is 0 Å². The Morgan fingerprint density at radius 2 is 2.17 bits per heavy atom. The Hall–Kier alpha value is -1.87. The molecule has 0 saturated carbocycles. The van der Waals surface area contributed by atoms with Gasteiger partial charge in [-0.1, -0.05) is 17.8 Å². The number of amides is 1. The molecule has 1 aliphatic rings. The molecule has 0 saturated heterocycles. The van der Waals surface area contributed by atoms with Gasteiger partial charge in [0.1, 0.15) is 10.9 Å². The number of hydrogen-bond acceptors (Lipinski definition) is 7. The number of aryl methyl sites for hydroxylation is 1. The lowest BCUT2D eigenvalue weighted by Crippen LogP contribution is -2.45. The molecule has 1 unspecified atom stereocenters. The number of anilines is 1. The first-order valence-corrected chi connectivity index (χ1v) is 10.8. The van der Waals surface area contributed by atoms with Gasteiger partial charge in [0.15, 0.2) is 5.82 Å². The summed E-state index contributed by atoms with van der Waals surface area (Å²) < 4.78 is 5.14. The average Bonchev–Trinajstić information content (AvgIpc) is 3.10. The van der Waals surface area contributed by atoms with Gasteiger partial charge in [-0.05, 0) is 46.5 Å². The fourth-order valence-corrected chi connectivity index (χ4v) is 4.05. The molecule has 0 aliphatic heterocycles. The van der Waals surface area contributed by atoms with Crippen molar-refractivity contribution in [1.29, 1.82) is 5.41 Å². The number of carbonyl (C=O) groups is 1. The minimum atomic E-state index is -0.280. The summed E-state index contributed by atoms with van der Waals surface area (Å²) in [6.45, 7) is 10.6. The van der Waals surface area contributed by atoms with E-state index < -0.39 is 0 Å². The largest absolute Gasteiger partial charge is 0.444 e. The number of nitrogens with one attached hydrogen (secondary N) is 2. The van der Waals surface area contributed by atoms with Crippen LogP contribution in [0, 0.1) is 5.41 Å². The normalized spacial score (nSPS) is 14.2. The third-order valence-electron chi connectivity index (χ3n) is 4.51. The van der Waals surface area contributed by atoms with Crippen LogP contribution in [0.2, 0.25) is 0 Å². The fourth-order valence-electron chi connectivity index (χ4n) is 3.24. The van der Waals surface area contributed by atoms with Gasteiger partial charge in [0.2, 0.25) is 5.91 Å². The number of carbonyl (C=O) groups excluding carboxylic acids is 1. The summed E-state index contributed by atoms with van der Waals surface area (Å²) in [5.41, 5.74) is 1.81. The van der Waals surface area contributed by atoms with Crippen LogP contribution in [-0.2, 0) is 22.3 Å². The molecule has 0 fully saturated rings. The van der Waals surface area contributed by atoms with E-state index in [2.05, 4.69) is 21.9 Å². The van der Waals surface area contributed by atoms with Crippen molar-refractivity contribution in [2.24, 2.45) is 0 Å². The van der Waals surface area contributed by atoms with Gasteiger partial charge in [0, 0.05) is 35.7 Å². The van der Waals surface area contributed by atoms with Crippen LogP contribution in [0.4, 0.5) is 5.82 Å². The second kappa shape index (κ2) is 10.3. The maximum atomic E-state index is 12.4. The lowest BCUT2D eigenvalue weighted by Gasteiger charge is -2.25. The molecule has 0 bridgehead atoms. The lowest BCUT2D eigenvalue weighted by molar-refractivity contribution is -0.121. The van der Waals surface area contributed by atoms with Crippen LogP contribution < -0.4 is 10.2 Å². The van der Waals surface area contributed by atoms with Crippen molar-refractivity contribution in [1.82, 2.24) is 15.3 Å². The van der Waals surface area contributed by atoms with E-state index >= 15 is 0 Å². The first-order chi connectivity index (χ1) is 13.6. The lowest BCUT2D eigenvalue weighted by atomic mass is 10.1. The van der Waals surface area contributed by atoms with Gasteiger partial charge < -0.3 is 14.9 Å². The van der Waals surface area contributed by atoms with E-state index in [9.17, 15) is 4.79 Å². The van der Waals surface area contributed by atoms with Gasteiger partial charge >= 0.3 is 0 Å². The highest BCUT2D eigenvalue weighted by atomic mass is 32.2. The zero-order valence-electron chi connectivity index (χ0n) is 18.2. The molecule has 2 rings (SSSR count). The Kier molecular flexibility index (Phi) is 8.28. The van der Waals surface area contributed by atoms with E-state index in [1.54, 1.807) is 8.05 Å². The molecule has 0 radical (unpaired) electrons. The van der Waals surface area contributed by atoms with E-state index in [1.165, 1.54) is 11.8 Å². The standard InChI is InChI=1S/C20H32BN5O2S/c1-6-13(10-11-28-21)29-17(22)18-23-15-9-7-8-14(15)19(24-18)26(5)12-16(27)25-20(2,3)4/h6,13,22H,1,7-12,21H2,2-5H3,(H,25,27). The molecule has 9 heteroatoms. The van der Waals surface area contributed by atoms with Gasteiger partial charge in [-0.15, -0.1) is 6.58 Å². The van der Waals surface area contributed by atoms with Crippen molar-refractivity contribution < 1.29 is 9.45 Å². The summed E-state index contributed by atoms with van der Waals surface area (Å²) >= 11 is 1.39. The zero-order valence-corrected chi connectivity index (χ0v) is 19.0. The van der Waals surface area contributed by atoms with Crippen molar-refractivity contribution in [3.8, 4) is 0 Å². The number of hydrogen-bond donors (Lipinski definition) is 2. The molecule has 0 aromatic carbocycles. The zero-order chi connectivity index (χ0) is 21.6. The van der Waals surface area contributed by atoms with Crippen molar-refractivity contribution in [3.05, 3.63) is 29.7 Å². The quantitative estimate of drug-likeness (QED) is 0.276. The van der Waals surface area contributed by atoms with E-state index in [0.29, 0.717) is 17.5 Å². The molecule has 0 spiro atoms. The van der Waals surface area contributed by atoms with E-state index in [4.69, 9.17) is 10.1 Å². The van der Waals surface area contributed by atoms with Crippen LogP contribution >= 0.6 is 11.8 Å². The van der Waals surface area contributed by atoms with Crippen LogP contribution in [0.25, 0.3) is 0 Å². The summed E-state index contributed by atoms with van der Waals surface area (Å²) in [4.78, 5) is 23.6. The van der Waals surface area contributed by atoms with Crippen LogP contribution in [0.1, 0.15) is 50.7 Å². The summed E-state index contributed by atoms with van der Waals surface area (Å²) in [5.74, 6) is 1.12. The Bertz CT molecular complexity index is 766. The second-order valence-electron chi connectivity index (χ2n) is 8.31. The van der Waals surface area contributed by atoms with Crippen molar-refractivity contribution in [2.45, 2.75) is 57.2 Å². The molecule has 1 aliphatic carbocycles. The number of aromatic nitrogens is 2. The molecule has 29 heavy (non-hydrogen) atoms. The number of thioether (sulfide) groups is 1. The SMILES string of the molecule is BOCCC(C=C)SC(=N)c1nc2c(c(N(C)CC(=O)NC(C)(C)C)n1)CCC2. The predicted octanol–water partition coefficient (Wildman–Crippen LogP) is 1.88. The van der Waals surface area contributed by atoms with Gasteiger partial charge in [-0.25, -0.2) is 9.97 Å². The molecular weight excluding hydrogens is 385 g/mol. The number of fused-ring (bicyclic) bond motifs is 1. The number of likely N-dealkylation sites (N-methyl/N-ethyl adjacent to an activating group) is 1. The third kappa shape index (κ3) is 6.85. The molecule has 1 heterocycles. The average molecular weight is 417 g/mol. The minimum absolute atomic E-state index is 0.0531. The molecule has 158 valence electrons. The van der Waals surface area contributed by atoms with Crippen LogP contribution in [-0.4, -0.2) is 60.0 Å². The fraction of sp³-hybridized carbons (Fsp3) is 0.600. The third-order valence-corrected chi connectivity index (χ3v) is 5.66. The van der Waals surface area contributed by atoms with Crippen molar-refractivity contribution in [3.63, 3.8) is 0 Å². The van der Waals surface area contributed by atoms with E-state index in [-0.39, 0.29) is 23.2 Å². The van der Waals surface area contributed by atoms with Gasteiger partial charge in [-0.3, -0.25) is 10.2 Å². The highest BCUT2D eigenvalue weighted by Crippen LogP contribution is 2.30. The van der Waals surface area contributed by atoms with Crippen LogP contribution in [0.15, 0.2) is 12.7 Å².